The van der Waals surface area contributed by atoms with Crippen LogP contribution in [-0.2, 0) is 57.7 Å². The average Bonchev–Trinajstić information content (AvgIpc) is 4.01. The van der Waals surface area contributed by atoms with Crippen molar-refractivity contribution in [3.8, 4) is 5.75 Å². The van der Waals surface area contributed by atoms with Gasteiger partial charge >= 0.3 is 11.7 Å². The SMILES string of the molecule is CC[C@H](C)[C@H](NC(=O)[C@H](Cc1cnc[nH]1)NCc1ccccc1N)C(=O)N[C@@H](C)C(=O)N[C@@H](C)C(=O)N1CCC[C@H]1C(=O)N[C@@H](Cc1ccc(O)c([N+](=O)[O-])c1)C(=O)N[C@@H](CCC(=O)O)C(N)=O. The summed E-state index contributed by atoms with van der Waals surface area (Å²) in [4.78, 5) is 125. The molecule has 0 radical (unpaired) electrons. The van der Waals surface area contributed by atoms with E-state index >= 15 is 0 Å². The van der Waals surface area contributed by atoms with E-state index in [1.165, 1.54) is 31.1 Å². The summed E-state index contributed by atoms with van der Waals surface area (Å²) >= 11 is 0. The molecule has 368 valence electrons. The number of nitro benzene ring substituents is 1. The van der Waals surface area contributed by atoms with Crippen molar-refractivity contribution < 1.29 is 53.5 Å². The number of anilines is 1. The molecule has 1 aliphatic rings. The number of carboxylic acids is 1. The quantitative estimate of drug-likeness (QED) is 0.0287. The Balaban J connectivity index is 1.43. The maximum atomic E-state index is 13.9. The number of carbonyl (C=O) groups is 8. The van der Waals surface area contributed by atoms with Crippen LogP contribution in [0.3, 0.4) is 0 Å². The molecule has 4 rings (SSSR count). The smallest absolute Gasteiger partial charge is 0.310 e. The molecule has 0 aliphatic carbocycles. The summed E-state index contributed by atoms with van der Waals surface area (Å²) in [5.41, 5.74) is 12.9. The number of para-hydroxylation sites is 1. The van der Waals surface area contributed by atoms with Gasteiger partial charge in [-0.2, -0.15) is 0 Å². The van der Waals surface area contributed by atoms with E-state index in [9.17, 15) is 53.6 Å². The van der Waals surface area contributed by atoms with Crippen molar-refractivity contribution in [3.05, 3.63) is 81.9 Å². The fourth-order valence-electron chi connectivity index (χ4n) is 7.46. The third-order valence-electron chi connectivity index (χ3n) is 11.6. The van der Waals surface area contributed by atoms with Gasteiger partial charge in [-0.1, -0.05) is 44.5 Å². The summed E-state index contributed by atoms with van der Waals surface area (Å²) in [7, 11) is 0. The van der Waals surface area contributed by atoms with Gasteiger partial charge in [-0.05, 0) is 62.3 Å². The van der Waals surface area contributed by atoms with Gasteiger partial charge in [0.2, 0.25) is 41.4 Å². The highest BCUT2D eigenvalue weighted by atomic mass is 16.6. The zero-order chi connectivity index (χ0) is 50.2. The molecule has 24 heteroatoms. The second kappa shape index (κ2) is 24.8. The Morgan fingerprint density at radius 3 is 2.22 bits per heavy atom. The number of benzene rings is 2. The van der Waals surface area contributed by atoms with Crippen LogP contribution in [-0.4, -0.2) is 126 Å². The van der Waals surface area contributed by atoms with Gasteiger partial charge in [0.1, 0.15) is 36.3 Å². The number of imidazole rings is 1. The van der Waals surface area contributed by atoms with Gasteiger partial charge in [-0.25, -0.2) is 4.98 Å². The minimum absolute atomic E-state index is 0.0780. The number of carboxylic acid groups (broad SMARTS) is 1. The molecule has 13 N–H and O–H groups in total. The van der Waals surface area contributed by atoms with Crippen LogP contribution < -0.4 is 43.4 Å². The molecule has 1 aliphatic heterocycles. The van der Waals surface area contributed by atoms with Gasteiger partial charge in [0, 0.05) is 56.0 Å². The molecule has 2 heterocycles. The largest absolute Gasteiger partial charge is 0.502 e. The number of rotatable bonds is 25. The lowest BCUT2D eigenvalue weighted by molar-refractivity contribution is -0.385. The monoisotopic (exact) mass is 948 g/mol. The molecule has 0 unspecified atom stereocenters. The third-order valence-corrected chi connectivity index (χ3v) is 11.6. The van der Waals surface area contributed by atoms with Gasteiger partial charge < -0.3 is 63.5 Å². The number of nitrogens with two attached hydrogens (primary N) is 2. The molecule has 1 aromatic heterocycles. The highest BCUT2D eigenvalue weighted by molar-refractivity contribution is 5.97. The van der Waals surface area contributed by atoms with Gasteiger partial charge in [0.25, 0.3) is 0 Å². The summed E-state index contributed by atoms with van der Waals surface area (Å²) < 4.78 is 0. The summed E-state index contributed by atoms with van der Waals surface area (Å²) in [6.45, 7) is 6.73. The molecule has 0 saturated carbocycles. The maximum absolute atomic E-state index is 13.9. The summed E-state index contributed by atoms with van der Waals surface area (Å²) in [6, 6.07) is 1.96. The second-order valence-electron chi connectivity index (χ2n) is 16.7. The zero-order valence-corrected chi connectivity index (χ0v) is 38.2. The number of aliphatic carboxylic acids is 1. The molecule has 24 nitrogen and oxygen atoms in total. The topological polar surface area (TPSA) is 376 Å². The first kappa shape index (κ1) is 53.0. The van der Waals surface area contributed by atoms with Crippen LogP contribution in [0.4, 0.5) is 11.4 Å². The van der Waals surface area contributed by atoms with Gasteiger partial charge in [-0.3, -0.25) is 48.5 Å². The summed E-state index contributed by atoms with van der Waals surface area (Å²) in [5.74, 6) is -7.76. The van der Waals surface area contributed by atoms with Crippen molar-refractivity contribution in [2.75, 3.05) is 12.3 Å². The lowest BCUT2D eigenvalue weighted by Gasteiger charge is -2.30. The third kappa shape index (κ3) is 14.9. The Morgan fingerprint density at radius 1 is 0.897 bits per heavy atom. The van der Waals surface area contributed by atoms with Gasteiger partial charge in [0.15, 0.2) is 5.75 Å². The second-order valence-corrected chi connectivity index (χ2v) is 16.7. The van der Waals surface area contributed by atoms with E-state index in [0.717, 1.165) is 17.7 Å². The molecule has 8 atom stereocenters. The summed E-state index contributed by atoms with van der Waals surface area (Å²) in [6.07, 6.45) is 2.90. The number of amides is 7. The van der Waals surface area contributed by atoms with Crippen LogP contribution in [0, 0.1) is 16.0 Å². The van der Waals surface area contributed by atoms with E-state index in [1.807, 2.05) is 19.1 Å². The van der Waals surface area contributed by atoms with E-state index in [2.05, 4.69) is 41.9 Å². The number of phenolic OH excluding ortho intramolecular Hbond substituents is 1. The van der Waals surface area contributed by atoms with E-state index in [4.69, 9.17) is 16.6 Å². The van der Waals surface area contributed by atoms with E-state index < -0.39 is 119 Å². The number of nitro groups is 1. The predicted molar refractivity (Wildman–Crippen MR) is 243 cm³/mol. The van der Waals surface area contributed by atoms with E-state index in [0.29, 0.717) is 24.2 Å². The van der Waals surface area contributed by atoms with Crippen molar-refractivity contribution in [3.63, 3.8) is 0 Å². The summed E-state index contributed by atoms with van der Waals surface area (Å²) in [5, 5.41) is 46.7. The van der Waals surface area contributed by atoms with Crippen LogP contribution in [0.1, 0.15) is 76.6 Å². The molecule has 3 aromatic rings. The first-order chi connectivity index (χ1) is 32.2. The number of aromatic hydroxyl groups is 1. The van der Waals surface area contributed by atoms with Crippen molar-refractivity contribution in [1.82, 2.24) is 46.8 Å². The molecular formula is C44H60N12O12. The molecule has 68 heavy (non-hydrogen) atoms. The highest BCUT2D eigenvalue weighted by Crippen LogP contribution is 2.27. The Morgan fingerprint density at radius 2 is 1.59 bits per heavy atom. The number of nitrogens with one attached hydrogen (secondary N) is 7. The molecule has 1 saturated heterocycles. The van der Waals surface area contributed by atoms with Gasteiger partial charge in [0.05, 0.1) is 17.3 Å². The molecule has 1 fully saturated rings. The van der Waals surface area contributed by atoms with Crippen LogP contribution in [0.25, 0.3) is 0 Å². The standard InChI is InChI=1S/C44H60N12O12/c1-5-23(2)37(54-40(62)31(19-28-21-47-22-49-28)48-20-27-9-6-7-10-29(27)45)43(65)50-24(3)39(61)51-25(4)44(66)55-16-8-11-33(55)42(64)53-32(17-26-12-14-35(57)34(18-26)56(67)68)41(63)52-30(38(46)60)13-15-36(58)59/h6-7,9-10,12,14,18,21-25,30-33,37,48,57H,5,8,11,13,15-17,19-20,45H2,1-4H3,(H2,46,60)(H,47,49)(H,50,65)(H,51,61)(H,52,63)(H,53,64)(H,54,62)(H,58,59)/t23-,24-,25-,30-,31-,32-,33-,37-/m0/s1. The number of nitrogen functional groups attached to an aromatic ring is 1. The number of H-pyrrole nitrogens is 1. The first-order valence-corrected chi connectivity index (χ1v) is 22.0. The van der Waals surface area contributed by atoms with Crippen molar-refractivity contribution in [2.45, 2.75) is 121 Å². The minimum atomic E-state index is -1.55. The average molecular weight is 949 g/mol. The predicted octanol–water partition coefficient (Wildman–Crippen LogP) is -0.600. The van der Waals surface area contributed by atoms with Crippen molar-refractivity contribution in [2.24, 2.45) is 11.7 Å². The zero-order valence-electron chi connectivity index (χ0n) is 38.2. The fraction of sp³-hybridized carbons (Fsp3) is 0.477. The van der Waals surface area contributed by atoms with E-state index in [1.54, 1.807) is 25.3 Å². The van der Waals surface area contributed by atoms with Crippen LogP contribution in [0.2, 0.25) is 0 Å². The Hall–Kier alpha value is -7.63. The lowest BCUT2D eigenvalue weighted by atomic mass is 9.97. The number of nitrogens with zero attached hydrogens (tertiary/aromatic N) is 3. The van der Waals surface area contributed by atoms with Crippen molar-refractivity contribution >= 4 is 58.7 Å². The highest BCUT2D eigenvalue weighted by Gasteiger charge is 2.39. The van der Waals surface area contributed by atoms with Crippen LogP contribution in [0.5, 0.6) is 5.75 Å². The number of aromatic amines is 1. The number of hydrogen-bond acceptors (Lipinski definition) is 14. The van der Waals surface area contributed by atoms with Gasteiger partial charge in [-0.15, -0.1) is 0 Å². The van der Waals surface area contributed by atoms with E-state index in [-0.39, 0.29) is 43.8 Å². The molecule has 0 bridgehead atoms. The number of hydrogen-bond donors (Lipinski definition) is 11. The first-order valence-electron chi connectivity index (χ1n) is 22.0. The van der Waals surface area contributed by atoms with Crippen molar-refractivity contribution in [1.29, 1.82) is 0 Å². The van der Waals surface area contributed by atoms with Crippen LogP contribution >= 0.6 is 0 Å². The molecule has 0 spiro atoms. The molecule has 2 aromatic carbocycles. The Bertz CT molecular complexity index is 2310. The number of aromatic nitrogens is 2. The number of carbonyl (C=O) groups excluding carboxylic acids is 7. The molecular weight excluding hydrogens is 889 g/mol. The normalized spacial score (nSPS) is 16.4. The van der Waals surface area contributed by atoms with Crippen LogP contribution in [0.15, 0.2) is 55.0 Å². The Kier molecular flexibility index (Phi) is 19.3. The number of phenols is 1. The fourth-order valence-corrected chi connectivity index (χ4v) is 7.46. The number of likely N-dealkylation sites (tertiary alicyclic amines) is 1. The number of primary amides is 1. The lowest BCUT2D eigenvalue weighted by Crippen LogP contribution is -2.59. The molecule has 7 amide bonds. The maximum Gasteiger partial charge on any atom is 0.310 e. The Labute approximate surface area is 391 Å². The minimum Gasteiger partial charge on any atom is -0.502 e.